The van der Waals surface area contributed by atoms with Gasteiger partial charge in [-0.1, -0.05) is 116 Å². The fraction of sp³-hybridized carbons (Fsp3) is 0.243. The lowest BCUT2D eigenvalue weighted by atomic mass is 9.83. The van der Waals surface area contributed by atoms with Crippen LogP contribution in [-0.2, 0) is 9.54 Å². The van der Waals surface area contributed by atoms with E-state index in [-0.39, 0.29) is 17.4 Å². The van der Waals surface area contributed by atoms with Crippen molar-refractivity contribution in [3.05, 3.63) is 144 Å². The summed E-state index contributed by atoms with van der Waals surface area (Å²) in [6.07, 6.45) is 1.55. The average Bonchev–Trinajstić information content (AvgIpc) is 3.03. The summed E-state index contributed by atoms with van der Waals surface area (Å²) in [4.78, 5) is 40.8. The third-order valence-electron chi connectivity index (χ3n) is 8.72. The number of Topliss-reactive ketones (excluding diaryl/α,β-unsaturated/α-hetero) is 1. The number of carbonyl (C=O) groups excluding carboxylic acids is 2. The van der Waals surface area contributed by atoms with Crippen LogP contribution in [0.2, 0.25) is 18.1 Å². The van der Waals surface area contributed by atoms with Crippen LogP contribution in [0.4, 0.5) is 0 Å². The molecule has 2 heterocycles. The van der Waals surface area contributed by atoms with Crippen LogP contribution in [0.3, 0.4) is 0 Å². The minimum Gasteiger partial charge on any atom is -0.324 e. The maximum Gasteiger partial charge on any atom is 0.237 e. The average molecular weight is 616 g/mol. The van der Waals surface area contributed by atoms with E-state index >= 15 is 0 Å². The first-order chi connectivity index (χ1) is 21.1. The number of carbonyl (C=O) groups is 2. The van der Waals surface area contributed by atoms with Crippen LogP contribution < -0.4 is 0 Å². The summed E-state index contributed by atoms with van der Waals surface area (Å²) in [5, 5.41) is -1.65. The van der Waals surface area contributed by atoms with Crippen molar-refractivity contribution in [1.82, 2.24) is 14.9 Å². The monoisotopic (exact) mass is 615 g/mol. The van der Waals surface area contributed by atoms with Gasteiger partial charge >= 0.3 is 0 Å². The highest BCUT2D eigenvalue weighted by Crippen LogP contribution is 2.63. The van der Waals surface area contributed by atoms with Crippen molar-refractivity contribution >= 4 is 43.3 Å². The molecule has 5 nitrogen and oxygen atoms in total. The molecule has 0 N–H and O–H groups in total. The van der Waals surface area contributed by atoms with Crippen LogP contribution >= 0.6 is 11.8 Å². The Morgan fingerprint density at radius 3 is 1.66 bits per heavy atom. The van der Waals surface area contributed by atoms with E-state index in [0.717, 1.165) is 22.2 Å². The molecule has 1 fully saturated rings. The Balaban J connectivity index is 1.60. The molecule has 0 spiro atoms. The molecule has 1 aliphatic heterocycles. The Labute approximate surface area is 265 Å². The van der Waals surface area contributed by atoms with Crippen LogP contribution in [-0.4, -0.2) is 46.3 Å². The number of para-hydroxylation sites is 2. The van der Waals surface area contributed by atoms with E-state index in [9.17, 15) is 9.59 Å². The molecule has 1 saturated heterocycles. The molecule has 0 radical (unpaired) electrons. The van der Waals surface area contributed by atoms with Gasteiger partial charge in [0.05, 0.1) is 36.1 Å². The molecule has 4 aromatic carbocycles. The predicted octanol–water partition coefficient (Wildman–Crippen LogP) is 7.73. The van der Waals surface area contributed by atoms with Gasteiger partial charge in [0.1, 0.15) is 10.7 Å². The van der Waals surface area contributed by atoms with Gasteiger partial charge in [0.2, 0.25) is 5.91 Å². The second-order valence-corrected chi connectivity index (χ2v) is 17.2. The van der Waals surface area contributed by atoms with Crippen LogP contribution in [0.15, 0.2) is 121 Å². The second kappa shape index (κ2) is 11.5. The number of thioether (sulfide) groups is 1. The van der Waals surface area contributed by atoms with Gasteiger partial charge < -0.3 is 4.90 Å². The number of β-lactam (4-membered cyclic amide) rings is 1. The number of benzene rings is 4. The standard InChI is InChI=1S/C37H37N3O2SSi/c1-35(2,3)40-33(42)37(44(4)5,32(41)31-25-38-29-23-15-16-24-30(29)39-31)34(40)43-36(26-17-9-6-10-18-26,27-19-11-7-12-20-27)28-21-13-8-14-22-28/h6-25,34,44H,1-5H3. The zero-order valence-corrected chi connectivity index (χ0v) is 27.7. The van der Waals surface area contributed by atoms with E-state index in [4.69, 9.17) is 4.98 Å². The maximum atomic E-state index is 14.9. The topological polar surface area (TPSA) is 63.2 Å². The number of amides is 1. The number of ketones is 1. The molecule has 6 rings (SSSR count). The molecule has 44 heavy (non-hydrogen) atoms. The summed E-state index contributed by atoms with van der Waals surface area (Å²) in [6.45, 7) is 10.4. The fourth-order valence-electron chi connectivity index (χ4n) is 6.52. The summed E-state index contributed by atoms with van der Waals surface area (Å²) >= 11 is 1.71. The number of fused-ring (bicyclic) bond motifs is 1. The Morgan fingerprint density at radius 1 is 0.750 bits per heavy atom. The Hall–Kier alpha value is -4.07. The van der Waals surface area contributed by atoms with Crippen molar-refractivity contribution in [2.24, 2.45) is 0 Å². The van der Waals surface area contributed by atoms with Crippen LogP contribution in [0.1, 0.15) is 48.0 Å². The highest BCUT2D eigenvalue weighted by atomic mass is 32.2. The highest BCUT2D eigenvalue weighted by molar-refractivity contribution is 8.01. The first-order valence-corrected chi connectivity index (χ1v) is 18.8. The quantitative estimate of drug-likeness (QED) is 0.0588. The van der Waals surface area contributed by atoms with Crippen molar-refractivity contribution in [2.75, 3.05) is 0 Å². The summed E-state index contributed by atoms with van der Waals surface area (Å²) in [5.41, 5.74) is 4.39. The Kier molecular flexibility index (Phi) is 7.80. The molecule has 5 aromatic rings. The number of likely N-dealkylation sites (tertiary alicyclic amines) is 1. The van der Waals surface area contributed by atoms with Crippen molar-refractivity contribution in [3.63, 3.8) is 0 Å². The molecular formula is C37H37N3O2SSi. The number of aromatic nitrogens is 2. The van der Waals surface area contributed by atoms with Gasteiger partial charge in [-0.2, -0.15) is 0 Å². The molecule has 222 valence electrons. The Bertz CT molecular complexity index is 1710. The van der Waals surface area contributed by atoms with Crippen molar-refractivity contribution in [3.8, 4) is 0 Å². The third kappa shape index (κ3) is 4.70. The number of rotatable bonds is 8. The van der Waals surface area contributed by atoms with Crippen LogP contribution in [0.25, 0.3) is 11.0 Å². The molecule has 1 aliphatic rings. The first-order valence-electron chi connectivity index (χ1n) is 15.1. The van der Waals surface area contributed by atoms with Gasteiger partial charge in [0, 0.05) is 5.54 Å². The van der Waals surface area contributed by atoms with Gasteiger partial charge in [0.25, 0.3) is 0 Å². The molecule has 2 unspecified atom stereocenters. The normalized spacial score (nSPS) is 18.8. The van der Waals surface area contributed by atoms with Gasteiger partial charge in [-0.3, -0.25) is 14.6 Å². The molecule has 0 aliphatic carbocycles. The molecule has 2 atom stereocenters. The van der Waals surface area contributed by atoms with Gasteiger partial charge in [-0.05, 0) is 49.6 Å². The minimum atomic E-state index is -2.03. The summed E-state index contributed by atoms with van der Waals surface area (Å²) in [6, 6.07) is 38.9. The fourth-order valence-corrected chi connectivity index (χ4v) is 11.6. The summed E-state index contributed by atoms with van der Waals surface area (Å²) < 4.78 is -0.706. The van der Waals surface area contributed by atoms with Crippen LogP contribution in [0.5, 0.6) is 0 Å². The molecule has 7 heteroatoms. The lowest BCUT2D eigenvalue weighted by molar-refractivity contribution is -0.153. The van der Waals surface area contributed by atoms with Gasteiger partial charge in [0.15, 0.2) is 5.78 Å². The molecule has 1 amide bonds. The number of hydrogen-bond donors (Lipinski definition) is 0. The largest absolute Gasteiger partial charge is 0.324 e. The van der Waals surface area contributed by atoms with E-state index < -0.39 is 29.5 Å². The summed E-state index contributed by atoms with van der Waals surface area (Å²) in [7, 11) is -2.03. The molecule has 0 bridgehead atoms. The second-order valence-electron chi connectivity index (χ2n) is 12.7. The molecular weight excluding hydrogens is 579 g/mol. The highest BCUT2D eigenvalue weighted by Gasteiger charge is 2.71. The smallest absolute Gasteiger partial charge is 0.237 e. The predicted molar refractivity (Wildman–Crippen MR) is 183 cm³/mol. The third-order valence-corrected chi connectivity index (χ3v) is 13.5. The zero-order chi connectivity index (χ0) is 31.1. The van der Waals surface area contributed by atoms with Gasteiger partial charge in [-0.15, -0.1) is 11.8 Å². The van der Waals surface area contributed by atoms with Crippen LogP contribution in [0, 0.1) is 0 Å². The van der Waals surface area contributed by atoms with Gasteiger partial charge in [-0.25, -0.2) is 4.98 Å². The van der Waals surface area contributed by atoms with E-state index in [1.54, 1.807) is 18.0 Å². The molecule has 0 saturated carbocycles. The van der Waals surface area contributed by atoms with E-state index in [0.29, 0.717) is 5.52 Å². The summed E-state index contributed by atoms with van der Waals surface area (Å²) in [5.74, 6) is -0.323. The lowest BCUT2D eigenvalue weighted by Gasteiger charge is -2.62. The maximum absolute atomic E-state index is 14.9. The Morgan fingerprint density at radius 2 is 1.20 bits per heavy atom. The van der Waals surface area contributed by atoms with Crippen molar-refractivity contribution < 1.29 is 9.59 Å². The van der Waals surface area contributed by atoms with E-state index in [1.807, 2.05) is 47.4 Å². The zero-order valence-electron chi connectivity index (χ0n) is 25.8. The molecule has 1 aromatic heterocycles. The first kappa shape index (κ1) is 30.0. The van der Waals surface area contributed by atoms with Crippen molar-refractivity contribution in [2.45, 2.75) is 54.6 Å². The van der Waals surface area contributed by atoms with E-state index in [1.165, 1.54) is 0 Å². The lowest BCUT2D eigenvalue weighted by Crippen LogP contribution is -2.75. The number of nitrogens with zero attached hydrogens (tertiary/aromatic N) is 3. The van der Waals surface area contributed by atoms with E-state index in [2.05, 4.69) is 112 Å². The number of hydrogen-bond acceptors (Lipinski definition) is 5. The minimum absolute atomic E-state index is 0.104. The SMILES string of the molecule is C[SiH](C)C1(C(=O)c2cnc3ccccc3n2)C(=O)N(C(C)(C)C)C1SC(c1ccccc1)(c1ccccc1)c1ccccc1. The van der Waals surface area contributed by atoms with Crippen molar-refractivity contribution in [1.29, 1.82) is 0 Å².